The zero-order chi connectivity index (χ0) is 20.9. The third-order valence-corrected chi connectivity index (χ3v) is 5.28. The van der Waals surface area contributed by atoms with Gasteiger partial charge in [0.25, 0.3) is 5.91 Å². The van der Waals surface area contributed by atoms with Crippen molar-refractivity contribution in [3.63, 3.8) is 0 Å². The van der Waals surface area contributed by atoms with Gasteiger partial charge in [-0.25, -0.2) is 0 Å². The molecule has 0 heterocycles. The first kappa shape index (κ1) is 21.6. The van der Waals surface area contributed by atoms with E-state index in [0.29, 0.717) is 29.2 Å². The topological polar surface area (TPSA) is 120 Å². The van der Waals surface area contributed by atoms with Crippen LogP contribution in [0.2, 0.25) is 0 Å². The molecule has 7 heteroatoms. The Balaban J connectivity index is 2.35. The zero-order valence-electron chi connectivity index (χ0n) is 16.9. The van der Waals surface area contributed by atoms with Crippen molar-refractivity contribution in [3.8, 4) is 0 Å². The number of nitrogen functional groups attached to an aromatic ring is 1. The van der Waals surface area contributed by atoms with Crippen LogP contribution in [-0.2, 0) is 5.41 Å². The first-order valence-corrected chi connectivity index (χ1v) is 10.1. The first-order valence-electron chi connectivity index (χ1n) is 9.08. The fraction of sp³-hybridized carbons (Fsp3) is 0.333. The van der Waals surface area contributed by atoms with E-state index in [1.54, 1.807) is 6.07 Å². The Morgan fingerprint density at radius 2 is 1.89 bits per heavy atom. The van der Waals surface area contributed by atoms with E-state index in [1.165, 1.54) is 11.8 Å². The van der Waals surface area contributed by atoms with Gasteiger partial charge in [0, 0.05) is 17.0 Å². The fourth-order valence-electron chi connectivity index (χ4n) is 2.64. The third-order valence-electron chi connectivity index (χ3n) is 4.14. The molecule has 2 aromatic rings. The Labute approximate surface area is 171 Å². The maximum absolute atomic E-state index is 12.8. The lowest BCUT2D eigenvalue weighted by molar-refractivity contribution is 0.102. The molecule has 0 aliphatic heterocycles. The van der Waals surface area contributed by atoms with Crippen molar-refractivity contribution in [2.45, 2.75) is 38.0 Å². The molecule has 150 valence electrons. The highest BCUT2D eigenvalue weighted by Gasteiger charge is 2.20. The maximum Gasteiger partial charge on any atom is 0.255 e. The van der Waals surface area contributed by atoms with Crippen molar-refractivity contribution < 1.29 is 4.79 Å². The van der Waals surface area contributed by atoms with Gasteiger partial charge in [0.05, 0.1) is 17.1 Å². The van der Waals surface area contributed by atoms with Crippen molar-refractivity contribution in [2.24, 2.45) is 16.5 Å². The van der Waals surface area contributed by atoms with Crippen LogP contribution in [0, 0.1) is 6.92 Å². The zero-order valence-corrected chi connectivity index (χ0v) is 17.7. The summed E-state index contributed by atoms with van der Waals surface area (Å²) in [5.41, 5.74) is 21.0. The van der Waals surface area contributed by atoms with Crippen molar-refractivity contribution in [1.29, 1.82) is 0 Å². The van der Waals surface area contributed by atoms with Crippen LogP contribution in [0.15, 0.2) is 46.3 Å². The summed E-state index contributed by atoms with van der Waals surface area (Å²) in [6.07, 6.45) is 0. The Kier molecular flexibility index (Phi) is 6.96. The van der Waals surface area contributed by atoms with Crippen LogP contribution in [0.25, 0.3) is 0 Å². The summed E-state index contributed by atoms with van der Waals surface area (Å²) in [7, 11) is 0. The monoisotopic (exact) mass is 399 g/mol. The third kappa shape index (κ3) is 5.92. The predicted octanol–water partition coefficient (Wildman–Crippen LogP) is 3.49. The molecule has 2 rings (SSSR count). The number of carbonyl (C=O) groups is 1. The summed E-state index contributed by atoms with van der Waals surface area (Å²) in [6.45, 7) is 8.76. The van der Waals surface area contributed by atoms with Gasteiger partial charge in [-0.2, -0.15) is 0 Å². The molecule has 0 aromatic heterocycles. The number of benzene rings is 2. The molecular formula is C21H29N5OS. The molecule has 1 amide bonds. The van der Waals surface area contributed by atoms with Crippen LogP contribution in [0.5, 0.6) is 0 Å². The molecule has 0 aliphatic carbocycles. The summed E-state index contributed by atoms with van der Waals surface area (Å²) >= 11 is 1.52. The Morgan fingerprint density at radius 1 is 1.18 bits per heavy atom. The minimum absolute atomic E-state index is 0.0598. The normalized spacial score (nSPS) is 11.1. The van der Waals surface area contributed by atoms with Crippen LogP contribution >= 0.6 is 11.8 Å². The molecule has 28 heavy (non-hydrogen) atoms. The summed E-state index contributed by atoms with van der Waals surface area (Å²) < 4.78 is 0. The number of nitrogens with two attached hydrogens (primary N) is 3. The Bertz CT molecular complexity index is 883. The number of nitrogens with one attached hydrogen (secondary N) is 1. The summed E-state index contributed by atoms with van der Waals surface area (Å²) in [5, 5.41) is 3.03. The van der Waals surface area contributed by atoms with E-state index in [9.17, 15) is 4.79 Å². The molecule has 0 saturated carbocycles. The van der Waals surface area contributed by atoms with Crippen molar-refractivity contribution in [3.05, 3.63) is 53.1 Å². The minimum Gasteiger partial charge on any atom is -0.398 e. The number of aliphatic imine (C=N–C) groups is 1. The quantitative estimate of drug-likeness (QED) is 0.195. The molecule has 0 radical (unpaired) electrons. The Hall–Kier alpha value is -2.67. The van der Waals surface area contributed by atoms with E-state index in [1.807, 2.05) is 37.3 Å². The van der Waals surface area contributed by atoms with Crippen LogP contribution in [0.4, 0.5) is 11.4 Å². The van der Waals surface area contributed by atoms with Gasteiger partial charge in [0.1, 0.15) is 0 Å². The molecule has 6 nitrogen and oxygen atoms in total. The van der Waals surface area contributed by atoms with Gasteiger partial charge in [-0.15, -0.1) is 11.8 Å². The van der Waals surface area contributed by atoms with Crippen LogP contribution in [-0.4, -0.2) is 24.2 Å². The number of thioether (sulfide) groups is 1. The highest BCUT2D eigenvalue weighted by Crippen LogP contribution is 2.38. The van der Waals surface area contributed by atoms with E-state index < -0.39 is 0 Å². The van der Waals surface area contributed by atoms with Crippen LogP contribution < -0.4 is 22.5 Å². The van der Waals surface area contributed by atoms with E-state index in [4.69, 9.17) is 17.2 Å². The summed E-state index contributed by atoms with van der Waals surface area (Å²) in [6, 6.07) is 11.4. The second-order valence-corrected chi connectivity index (χ2v) is 8.78. The maximum atomic E-state index is 12.8. The van der Waals surface area contributed by atoms with Gasteiger partial charge >= 0.3 is 0 Å². The van der Waals surface area contributed by atoms with Gasteiger partial charge < -0.3 is 22.5 Å². The molecular weight excluding hydrogens is 370 g/mol. The number of guanidine groups is 1. The van der Waals surface area contributed by atoms with E-state index in [-0.39, 0.29) is 17.3 Å². The second-order valence-electron chi connectivity index (χ2n) is 7.67. The number of aryl methyl sites for hydroxylation is 1. The van der Waals surface area contributed by atoms with Gasteiger partial charge in [-0.3, -0.25) is 9.79 Å². The number of hydrogen-bond donors (Lipinski definition) is 4. The lowest BCUT2D eigenvalue weighted by Gasteiger charge is -2.23. The molecule has 2 aromatic carbocycles. The average Bonchev–Trinajstić information content (AvgIpc) is 2.59. The molecule has 0 unspecified atom stereocenters. The molecule has 0 saturated heterocycles. The van der Waals surface area contributed by atoms with Gasteiger partial charge in [-0.05, 0) is 42.2 Å². The molecule has 0 aliphatic rings. The second kappa shape index (κ2) is 9.01. The molecule has 0 fully saturated rings. The SMILES string of the molecule is Cc1cccc(C(=O)Nc2cc(C(C)(C)C)cc(N)c2SCCN=C(N)N)c1. The summed E-state index contributed by atoms with van der Waals surface area (Å²) in [4.78, 5) is 17.6. The highest BCUT2D eigenvalue weighted by atomic mass is 32.2. The van der Waals surface area contributed by atoms with E-state index in [0.717, 1.165) is 16.0 Å². The van der Waals surface area contributed by atoms with E-state index in [2.05, 4.69) is 31.1 Å². The van der Waals surface area contributed by atoms with Crippen molar-refractivity contribution in [2.75, 3.05) is 23.3 Å². The smallest absolute Gasteiger partial charge is 0.255 e. The lowest BCUT2D eigenvalue weighted by atomic mass is 9.86. The van der Waals surface area contributed by atoms with Gasteiger partial charge in [-0.1, -0.05) is 38.5 Å². The number of nitrogens with zero attached hydrogens (tertiary/aromatic N) is 1. The predicted molar refractivity (Wildman–Crippen MR) is 120 cm³/mol. The number of rotatable bonds is 6. The standard InChI is InChI=1S/C21H29N5OS/c1-13-6-5-7-14(10-13)19(27)26-17-12-15(21(2,3)4)11-16(22)18(17)28-9-8-25-20(23)24/h5-7,10-12H,8-9,22H2,1-4H3,(H,26,27)(H4,23,24,25). The highest BCUT2D eigenvalue weighted by molar-refractivity contribution is 7.99. The van der Waals surface area contributed by atoms with Crippen LogP contribution in [0.3, 0.4) is 0 Å². The van der Waals surface area contributed by atoms with E-state index >= 15 is 0 Å². The molecule has 0 bridgehead atoms. The number of amides is 1. The van der Waals surface area contributed by atoms with Gasteiger partial charge in [0.2, 0.25) is 0 Å². The number of hydrogen-bond acceptors (Lipinski definition) is 4. The molecule has 0 spiro atoms. The van der Waals surface area contributed by atoms with Crippen molar-refractivity contribution in [1.82, 2.24) is 0 Å². The molecule has 0 atom stereocenters. The average molecular weight is 400 g/mol. The van der Waals surface area contributed by atoms with Gasteiger partial charge in [0.15, 0.2) is 5.96 Å². The Morgan fingerprint density at radius 3 is 2.50 bits per heavy atom. The molecule has 7 N–H and O–H groups in total. The van der Waals surface area contributed by atoms with Crippen LogP contribution in [0.1, 0.15) is 42.3 Å². The first-order chi connectivity index (χ1) is 13.1. The van der Waals surface area contributed by atoms with Crippen molar-refractivity contribution >= 4 is 35.0 Å². The lowest BCUT2D eigenvalue weighted by Crippen LogP contribution is -2.23. The number of carbonyl (C=O) groups excluding carboxylic acids is 1. The largest absolute Gasteiger partial charge is 0.398 e. The summed E-state index contributed by atoms with van der Waals surface area (Å²) in [5.74, 6) is 0.537. The fourth-order valence-corrected chi connectivity index (χ4v) is 3.52. The number of anilines is 2. The minimum atomic E-state index is -0.166.